The highest BCUT2D eigenvalue weighted by molar-refractivity contribution is 8.14. The first-order valence-electron chi connectivity index (χ1n) is 24.9. The topological polar surface area (TPSA) is 242 Å². The van der Waals surface area contributed by atoms with Gasteiger partial charge in [-0.05, 0) is 72.8 Å². The van der Waals surface area contributed by atoms with Crippen molar-refractivity contribution in [1.82, 2.24) is 19.9 Å². The number of hydrogen-bond donors (Lipinski definition) is 6. The fourth-order valence-electron chi connectivity index (χ4n) is 8.99. The summed E-state index contributed by atoms with van der Waals surface area (Å²) in [4.78, 5) is 120. The SMILES string of the molecule is CC(=O)SCC(=O)Nc1ccccc1-c1c2nc(c(-c3ccccc3NC(=O)CSC(C)=O)c3ccc([nH]3)c(-c3ccccc3NC(=O)CSC(C)=O)c3nc(c(-c4ccccc4NC(=O)CSC(C)=O)c4ccc1[nH]4)C=C3)C=C2. The zero-order valence-electron chi connectivity index (χ0n) is 43.5. The van der Waals surface area contributed by atoms with Gasteiger partial charge in [-0.25, -0.2) is 9.97 Å². The number of nitrogens with zero attached hydrogens (tertiary/aromatic N) is 2. The Labute approximate surface area is 476 Å². The highest BCUT2D eigenvalue weighted by atomic mass is 32.2. The van der Waals surface area contributed by atoms with E-state index >= 15 is 0 Å². The third kappa shape index (κ3) is 13.5. The van der Waals surface area contributed by atoms with Crippen LogP contribution in [0.3, 0.4) is 0 Å². The number of carbonyl (C=O) groups is 8. The van der Waals surface area contributed by atoms with E-state index in [9.17, 15) is 38.4 Å². The van der Waals surface area contributed by atoms with Crippen LogP contribution in [0.15, 0.2) is 121 Å². The van der Waals surface area contributed by atoms with Gasteiger partial charge in [-0.2, -0.15) is 0 Å². The summed E-state index contributed by atoms with van der Waals surface area (Å²) in [5.74, 6) is -2.02. The largest absolute Gasteiger partial charge is 0.354 e. The zero-order valence-corrected chi connectivity index (χ0v) is 46.7. The third-order valence-electron chi connectivity index (χ3n) is 12.3. The van der Waals surface area contributed by atoms with Crippen LogP contribution in [0.1, 0.15) is 50.5 Å². The zero-order chi connectivity index (χ0) is 56.5. The monoisotopic (exact) mass is 1140 g/mol. The molecule has 6 N–H and O–H groups in total. The first-order valence-corrected chi connectivity index (χ1v) is 28.8. The Kier molecular flexibility index (Phi) is 17.9. The number of benzene rings is 4. The van der Waals surface area contributed by atoms with E-state index < -0.39 is 23.6 Å². The molecule has 4 amide bonds. The fourth-order valence-corrected chi connectivity index (χ4v) is 10.6. The number of amides is 4. The van der Waals surface area contributed by atoms with Crippen LogP contribution in [0, 0.1) is 0 Å². The molecule has 2 aliphatic heterocycles. The smallest absolute Gasteiger partial charge is 0.234 e. The lowest BCUT2D eigenvalue weighted by Gasteiger charge is -2.14. The van der Waals surface area contributed by atoms with Crippen molar-refractivity contribution in [2.45, 2.75) is 27.7 Å². The maximum atomic E-state index is 13.5. The third-order valence-corrected chi connectivity index (χ3v) is 15.5. The van der Waals surface area contributed by atoms with E-state index in [1.165, 1.54) is 27.7 Å². The van der Waals surface area contributed by atoms with Crippen molar-refractivity contribution in [1.29, 1.82) is 0 Å². The van der Waals surface area contributed by atoms with Gasteiger partial charge in [-0.1, -0.05) is 120 Å². The summed E-state index contributed by atoms with van der Waals surface area (Å²) in [6.07, 6.45) is 7.45. The summed E-state index contributed by atoms with van der Waals surface area (Å²) in [6, 6.07) is 36.6. The van der Waals surface area contributed by atoms with Crippen LogP contribution >= 0.6 is 47.0 Å². The van der Waals surface area contributed by atoms with Crippen LogP contribution in [0.5, 0.6) is 0 Å². The standard InChI is InChI=1S/C60H50N8O8S4/c1-33(69)77-29-53(73)65-41-17-9-5-13-37(41)57-45-21-23-47(61-45)58(38-14-6-10-18-42(38)66-54(74)30-78-34(2)70)49-25-27-51(63-49)60(40-16-8-12-20-44(40)68-56(76)32-80-36(4)72)52-28-26-50(64-52)59(48-24-22-46(57)62-48)39-15-7-11-19-43(39)67-55(75)31-79-35(3)71/h5-28,61,64H,29-32H2,1-4H3,(H,65,73)(H,66,74)(H,67,75)(H,68,76). The van der Waals surface area contributed by atoms with E-state index in [1.807, 2.05) is 97.1 Å². The van der Waals surface area contributed by atoms with Gasteiger partial charge < -0.3 is 31.2 Å². The molecule has 402 valence electrons. The Morgan fingerprint density at radius 2 is 0.550 bits per heavy atom. The van der Waals surface area contributed by atoms with E-state index in [0.717, 1.165) is 47.0 Å². The fraction of sp³-hybridized carbons (Fsp3) is 0.133. The minimum atomic E-state index is -0.393. The van der Waals surface area contributed by atoms with Crippen LogP contribution in [0.4, 0.5) is 22.7 Å². The molecular formula is C60H50N8O8S4. The lowest BCUT2D eigenvalue weighted by atomic mass is 10.0. The lowest BCUT2D eigenvalue weighted by molar-refractivity contribution is -0.114. The number of rotatable bonds is 16. The predicted molar refractivity (Wildman–Crippen MR) is 328 cm³/mol. The van der Waals surface area contributed by atoms with Gasteiger partial charge in [0.25, 0.3) is 0 Å². The van der Waals surface area contributed by atoms with Crippen molar-refractivity contribution in [3.63, 3.8) is 0 Å². The van der Waals surface area contributed by atoms with Gasteiger partial charge in [-0.3, -0.25) is 38.4 Å². The number of aromatic nitrogens is 4. The Morgan fingerprint density at radius 3 is 0.762 bits per heavy atom. The number of carbonyl (C=O) groups excluding carboxylic acids is 8. The van der Waals surface area contributed by atoms with Crippen LogP contribution in [-0.4, -0.2) is 87.0 Å². The molecule has 0 saturated carbocycles. The first kappa shape index (κ1) is 56.2. The molecule has 7 aromatic rings. The minimum Gasteiger partial charge on any atom is -0.354 e. The number of fused-ring (bicyclic) bond motifs is 8. The number of thioether (sulfide) groups is 4. The number of anilines is 4. The van der Waals surface area contributed by atoms with Gasteiger partial charge in [0.15, 0.2) is 20.5 Å². The summed E-state index contributed by atoms with van der Waals surface area (Å²) in [7, 11) is 0. The van der Waals surface area contributed by atoms with Gasteiger partial charge in [0, 0.05) is 117 Å². The van der Waals surface area contributed by atoms with Crippen molar-refractivity contribution in [3.05, 3.63) is 144 Å². The summed E-state index contributed by atoms with van der Waals surface area (Å²) < 4.78 is 0. The molecule has 0 radical (unpaired) electrons. The summed E-state index contributed by atoms with van der Waals surface area (Å²) in [5.41, 5.74) is 10.6. The lowest BCUT2D eigenvalue weighted by Crippen LogP contribution is -2.15. The molecule has 3 aromatic heterocycles. The summed E-state index contributed by atoms with van der Waals surface area (Å²) >= 11 is 3.57. The molecule has 0 fully saturated rings. The van der Waals surface area contributed by atoms with Gasteiger partial charge in [0.1, 0.15) is 0 Å². The van der Waals surface area contributed by atoms with Crippen molar-refractivity contribution in [2.24, 2.45) is 0 Å². The Balaban J connectivity index is 1.40. The summed E-state index contributed by atoms with van der Waals surface area (Å²) in [6.45, 7) is 5.60. The second kappa shape index (κ2) is 25.5. The molecule has 0 aliphatic carbocycles. The van der Waals surface area contributed by atoms with Crippen LogP contribution in [-0.2, 0) is 38.4 Å². The molecule has 8 bridgehead atoms. The number of aromatic amines is 2. The maximum Gasteiger partial charge on any atom is 0.234 e. The quantitative estimate of drug-likeness (QED) is 0.0527. The molecule has 0 unspecified atom stereocenters. The molecular weight excluding hydrogens is 1090 g/mol. The molecule has 9 rings (SSSR count). The molecule has 5 heterocycles. The van der Waals surface area contributed by atoms with Crippen LogP contribution in [0.2, 0.25) is 0 Å². The molecule has 0 saturated heterocycles. The van der Waals surface area contributed by atoms with Crippen LogP contribution < -0.4 is 21.3 Å². The molecule has 0 atom stereocenters. The molecule has 4 aromatic carbocycles. The van der Waals surface area contributed by atoms with E-state index in [4.69, 9.17) is 9.97 Å². The highest BCUT2D eigenvalue weighted by Crippen LogP contribution is 2.43. The number of hydrogen-bond acceptors (Lipinski definition) is 14. The Bertz CT molecular complexity index is 3450. The molecule has 0 spiro atoms. The molecule has 16 nitrogen and oxygen atoms in total. The highest BCUT2D eigenvalue weighted by Gasteiger charge is 2.24. The van der Waals surface area contributed by atoms with E-state index in [2.05, 4.69) is 31.2 Å². The Morgan fingerprint density at radius 1 is 0.338 bits per heavy atom. The Hall–Kier alpha value is -8.56. The number of para-hydroxylation sites is 4. The van der Waals surface area contributed by atoms with Crippen molar-refractivity contribution < 1.29 is 38.4 Å². The van der Waals surface area contributed by atoms with Gasteiger partial charge in [0.05, 0.1) is 45.8 Å². The van der Waals surface area contributed by atoms with Crippen molar-refractivity contribution in [3.8, 4) is 44.5 Å². The van der Waals surface area contributed by atoms with Crippen molar-refractivity contribution in [2.75, 3.05) is 44.3 Å². The molecule has 20 heteroatoms. The number of nitrogens with one attached hydrogen (secondary N) is 6. The second-order valence-corrected chi connectivity index (χ2v) is 22.6. The molecule has 2 aliphatic rings. The normalized spacial score (nSPS) is 11.4. The number of H-pyrrole nitrogens is 2. The van der Waals surface area contributed by atoms with E-state index in [1.54, 1.807) is 48.5 Å². The van der Waals surface area contributed by atoms with Gasteiger partial charge >= 0.3 is 0 Å². The predicted octanol–water partition coefficient (Wildman–Crippen LogP) is 12.2. The second-order valence-electron chi connectivity index (χ2n) is 18.0. The first-order chi connectivity index (χ1) is 38.6. The van der Waals surface area contributed by atoms with E-state index in [-0.39, 0.29) is 43.5 Å². The van der Waals surface area contributed by atoms with Crippen LogP contribution in [0.25, 0.3) is 90.9 Å². The van der Waals surface area contributed by atoms with Crippen molar-refractivity contribution >= 4 is 160 Å². The van der Waals surface area contributed by atoms with Gasteiger partial charge in [0.2, 0.25) is 23.6 Å². The maximum absolute atomic E-state index is 13.5. The van der Waals surface area contributed by atoms with Gasteiger partial charge in [-0.15, -0.1) is 0 Å². The minimum absolute atomic E-state index is 0.111. The average molecular weight is 1140 g/mol. The average Bonchev–Trinajstić information content (AvgIpc) is 4.31. The van der Waals surface area contributed by atoms with E-state index in [0.29, 0.717) is 112 Å². The molecule has 80 heavy (non-hydrogen) atoms. The summed E-state index contributed by atoms with van der Waals surface area (Å²) in [5, 5.41) is 11.2.